The maximum Gasteiger partial charge on any atom is 0.203 e. The number of hydrogen-bond donors (Lipinski definition) is 1. The first kappa shape index (κ1) is 14.2. The number of anilines is 1. The van der Waals surface area contributed by atoms with E-state index in [4.69, 9.17) is 23.2 Å². The third kappa shape index (κ3) is 2.99. The first-order chi connectivity index (χ1) is 10.1. The lowest BCUT2D eigenvalue weighted by Crippen LogP contribution is -2.09. The van der Waals surface area contributed by atoms with Crippen molar-refractivity contribution in [2.24, 2.45) is 7.05 Å². The molecule has 0 aliphatic rings. The highest BCUT2D eigenvalue weighted by Gasteiger charge is 2.07. The van der Waals surface area contributed by atoms with Crippen LogP contribution < -0.4 is 5.32 Å². The molecule has 0 amide bonds. The molecule has 1 aromatic heterocycles. The van der Waals surface area contributed by atoms with Gasteiger partial charge in [0.05, 0.1) is 11.0 Å². The van der Waals surface area contributed by atoms with Crippen LogP contribution in [0, 0.1) is 0 Å². The molecule has 0 saturated heterocycles. The second kappa shape index (κ2) is 5.96. The van der Waals surface area contributed by atoms with Crippen molar-refractivity contribution in [1.82, 2.24) is 9.55 Å². The summed E-state index contributed by atoms with van der Waals surface area (Å²) in [7, 11) is 2.01. The van der Waals surface area contributed by atoms with Crippen molar-refractivity contribution < 1.29 is 0 Å². The van der Waals surface area contributed by atoms with Crippen molar-refractivity contribution in [3.05, 3.63) is 58.1 Å². The minimum atomic E-state index is 0.659. The predicted molar refractivity (Wildman–Crippen MR) is 89.4 cm³/mol. The second-order valence-corrected chi connectivity index (χ2v) is 5.74. The number of aromatic nitrogens is 2. The fourth-order valence-corrected chi connectivity index (χ4v) is 2.84. The van der Waals surface area contributed by atoms with Crippen molar-refractivity contribution >= 4 is 40.2 Å². The molecule has 0 aliphatic heterocycles. The number of nitrogens with one attached hydrogen (secondary N) is 1. The molecule has 0 saturated carbocycles. The van der Waals surface area contributed by atoms with E-state index in [0.717, 1.165) is 35.5 Å². The Kier molecular flexibility index (Phi) is 4.04. The van der Waals surface area contributed by atoms with E-state index in [2.05, 4.69) is 20.9 Å². The Balaban J connectivity index is 1.70. The van der Waals surface area contributed by atoms with E-state index in [9.17, 15) is 0 Å². The summed E-state index contributed by atoms with van der Waals surface area (Å²) in [6.45, 7) is 0.762. The smallest absolute Gasteiger partial charge is 0.203 e. The van der Waals surface area contributed by atoms with Crippen LogP contribution in [-0.2, 0) is 13.5 Å². The average molecular weight is 320 g/mol. The summed E-state index contributed by atoms with van der Waals surface area (Å²) in [4.78, 5) is 4.58. The molecule has 0 spiro atoms. The first-order valence-corrected chi connectivity index (χ1v) is 7.50. The van der Waals surface area contributed by atoms with Crippen molar-refractivity contribution in [1.29, 1.82) is 0 Å². The second-order valence-electron chi connectivity index (χ2n) is 4.90. The quantitative estimate of drug-likeness (QED) is 0.765. The Labute approximate surface area is 133 Å². The van der Waals surface area contributed by atoms with Crippen LogP contribution in [0.15, 0.2) is 42.5 Å². The molecule has 5 heteroatoms. The van der Waals surface area contributed by atoms with E-state index in [0.29, 0.717) is 10.0 Å². The van der Waals surface area contributed by atoms with Crippen LogP contribution in [0.4, 0.5) is 5.95 Å². The van der Waals surface area contributed by atoms with Gasteiger partial charge in [0.25, 0.3) is 0 Å². The number of rotatable bonds is 4. The summed E-state index contributed by atoms with van der Waals surface area (Å²) in [6, 6.07) is 13.7. The minimum absolute atomic E-state index is 0.659. The number of imidazole rings is 1. The largest absolute Gasteiger partial charge is 0.355 e. The number of nitrogens with zero attached hydrogens (tertiary/aromatic N) is 2. The van der Waals surface area contributed by atoms with E-state index in [1.54, 1.807) is 6.07 Å². The molecule has 2 aromatic carbocycles. The fraction of sp³-hybridized carbons (Fsp3) is 0.188. The van der Waals surface area contributed by atoms with Crippen LogP contribution in [0.25, 0.3) is 11.0 Å². The number of aryl methyl sites for hydroxylation is 1. The van der Waals surface area contributed by atoms with Gasteiger partial charge in [0, 0.05) is 23.6 Å². The molecule has 0 fully saturated rings. The molecule has 3 nitrogen and oxygen atoms in total. The lowest BCUT2D eigenvalue weighted by Gasteiger charge is -2.08. The lowest BCUT2D eigenvalue weighted by atomic mass is 10.1. The number of halogens is 2. The van der Waals surface area contributed by atoms with Crippen LogP contribution >= 0.6 is 23.2 Å². The molecule has 21 heavy (non-hydrogen) atoms. The molecule has 0 radical (unpaired) electrons. The number of benzene rings is 2. The summed E-state index contributed by atoms with van der Waals surface area (Å²) in [5.41, 5.74) is 3.18. The Bertz CT molecular complexity index is 780. The third-order valence-corrected chi connectivity index (χ3v) is 4.07. The van der Waals surface area contributed by atoms with Crippen LogP contribution in [-0.4, -0.2) is 16.1 Å². The molecule has 0 bridgehead atoms. The average Bonchev–Trinajstić information content (AvgIpc) is 2.79. The Morgan fingerprint density at radius 3 is 2.71 bits per heavy atom. The van der Waals surface area contributed by atoms with E-state index >= 15 is 0 Å². The van der Waals surface area contributed by atoms with Gasteiger partial charge in [-0.05, 0) is 36.2 Å². The summed E-state index contributed by atoms with van der Waals surface area (Å²) in [6.07, 6.45) is 0.819. The van der Waals surface area contributed by atoms with Gasteiger partial charge in [-0.2, -0.15) is 0 Å². The van der Waals surface area contributed by atoms with Gasteiger partial charge < -0.3 is 9.88 Å². The molecule has 108 valence electrons. The fourth-order valence-electron chi connectivity index (χ4n) is 2.34. The van der Waals surface area contributed by atoms with E-state index in [1.807, 2.05) is 37.4 Å². The van der Waals surface area contributed by atoms with Gasteiger partial charge in [0.15, 0.2) is 0 Å². The summed E-state index contributed by atoms with van der Waals surface area (Å²) < 4.78 is 2.05. The Morgan fingerprint density at radius 2 is 1.95 bits per heavy atom. The van der Waals surface area contributed by atoms with Gasteiger partial charge >= 0.3 is 0 Å². The molecule has 1 N–H and O–H groups in total. The molecule has 3 aromatic rings. The highest BCUT2D eigenvalue weighted by Crippen LogP contribution is 2.22. The van der Waals surface area contributed by atoms with Crippen LogP contribution in [0.5, 0.6) is 0 Å². The van der Waals surface area contributed by atoms with Crippen molar-refractivity contribution in [2.45, 2.75) is 6.42 Å². The Hall–Kier alpha value is -1.71. The Morgan fingerprint density at radius 1 is 1.14 bits per heavy atom. The van der Waals surface area contributed by atoms with Gasteiger partial charge in [0.1, 0.15) is 0 Å². The maximum absolute atomic E-state index is 6.17. The number of para-hydroxylation sites is 2. The monoisotopic (exact) mass is 319 g/mol. The topological polar surface area (TPSA) is 29.9 Å². The zero-order valence-corrected chi connectivity index (χ0v) is 13.1. The predicted octanol–water partition coefficient (Wildman–Crippen LogP) is 4.53. The van der Waals surface area contributed by atoms with E-state index < -0.39 is 0 Å². The standard InChI is InChI=1S/C16H15Cl2N3/c1-21-15-5-3-2-4-14(15)20-16(21)19-9-8-11-6-7-12(17)10-13(11)18/h2-7,10H,8-9H2,1H3,(H,19,20). The van der Waals surface area contributed by atoms with Crippen LogP contribution in [0.3, 0.4) is 0 Å². The number of fused-ring (bicyclic) bond motifs is 1. The molecular weight excluding hydrogens is 305 g/mol. The van der Waals surface area contributed by atoms with Gasteiger partial charge in [-0.3, -0.25) is 0 Å². The first-order valence-electron chi connectivity index (χ1n) is 6.74. The van der Waals surface area contributed by atoms with Gasteiger partial charge in [-0.1, -0.05) is 41.4 Å². The van der Waals surface area contributed by atoms with Crippen LogP contribution in [0.2, 0.25) is 10.0 Å². The number of hydrogen-bond acceptors (Lipinski definition) is 2. The van der Waals surface area contributed by atoms with Crippen LogP contribution in [0.1, 0.15) is 5.56 Å². The molecular formula is C16H15Cl2N3. The zero-order chi connectivity index (χ0) is 14.8. The minimum Gasteiger partial charge on any atom is -0.355 e. The normalized spacial score (nSPS) is 11.0. The summed E-state index contributed by atoms with van der Waals surface area (Å²) in [5.74, 6) is 0.862. The van der Waals surface area contributed by atoms with Gasteiger partial charge in [-0.15, -0.1) is 0 Å². The highest BCUT2D eigenvalue weighted by atomic mass is 35.5. The van der Waals surface area contributed by atoms with Crippen molar-refractivity contribution in [3.63, 3.8) is 0 Å². The SMILES string of the molecule is Cn1c(NCCc2ccc(Cl)cc2Cl)nc2ccccc21. The van der Waals surface area contributed by atoms with Gasteiger partial charge in [0.2, 0.25) is 5.95 Å². The maximum atomic E-state index is 6.17. The van der Waals surface area contributed by atoms with Crippen molar-refractivity contribution in [2.75, 3.05) is 11.9 Å². The molecule has 3 rings (SSSR count). The van der Waals surface area contributed by atoms with Gasteiger partial charge in [-0.25, -0.2) is 4.98 Å². The third-order valence-electron chi connectivity index (χ3n) is 3.48. The molecule has 0 atom stereocenters. The lowest BCUT2D eigenvalue weighted by molar-refractivity contribution is 0.912. The summed E-state index contributed by atoms with van der Waals surface area (Å²) in [5, 5.41) is 4.72. The van der Waals surface area contributed by atoms with E-state index in [1.165, 1.54) is 0 Å². The zero-order valence-electron chi connectivity index (χ0n) is 11.6. The molecule has 0 aliphatic carbocycles. The van der Waals surface area contributed by atoms with Crippen molar-refractivity contribution in [3.8, 4) is 0 Å². The summed E-state index contributed by atoms with van der Waals surface area (Å²) >= 11 is 12.1. The van der Waals surface area contributed by atoms with E-state index in [-0.39, 0.29) is 0 Å². The molecule has 0 unspecified atom stereocenters. The molecule has 1 heterocycles. The highest BCUT2D eigenvalue weighted by molar-refractivity contribution is 6.35.